The SMILES string of the molecule is CCCN(CC(=O)NC)C(=O)c1ccc2c(c1)CNC2. The number of benzene rings is 1. The fraction of sp³-hybridized carbons (Fsp3) is 0.467. The van der Waals surface area contributed by atoms with Crippen LogP contribution in [0.2, 0.25) is 0 Å². The third-order valence-electron chi connectivity index (χ3n) is 3.48. The Morgan fingerprint density at radius 1 is 1.30 bits per heavy atom. The van der Waals surface area contributed by atoms with E-state index in [2.05, 4.69) is 10.6 Å². The number of amides is 2. The molecule has 1 heterocycles. The lowest BCUT2D eigenvalue weighted by molar-refractivity contribution is -0.121. The predicted octanol–water partition coefficient (Wildman–Crippen LogP) is 0.888. The van der Waals surface area contributed by atoms with E-state index in [0.717, 1.165) is 19.5 Å². The maximum atomic E-state index is 12.5. The Balaban J connectivity index is 2.16. The van der Waals surface area contributed by atoms with Crippen molar-refractivity contribution in [3.8, 4) is 0 Å². The molecule has 0 bridgehead atoms. The lowest BCUT2D eigenvalue weighted by Crippen LogP contribution is -2.40. The summed E-state index contributed by atoms with van der Waals surface area (Å²) in [6, 6.07) is 5.78. The molecule has 0 aromatic heterocycles. The van der Waals surface area contributed by atoms with Crippen molar-refractivity contribution in [2.24, 2.45) is 0 Å². The van der Waals surface area contributed by atoms with Crippen LogP contribution in [0.1, 0.15) is 34.8 Å². The molecule has 1 aliphatic heterocycles. The summed E-state index contributed by atoms with van der Waals surface area (Å²) in [5.41, 5.74) is 3.08. The molecule has 0 radical (unpaired) electrons. The molecule has 0 atom stereocenters. The average molecular weight is 275 g/mol. The van der Waals surface area contributed by atoms with Crippen LogP contribution in [0.4, 0.5) is 0 Å². The third kappa shape index (κ3) is 3.17. The van der Waals surface area contributed by atoms with Crippen molar-refractivity contribution in [1.29, 1.82) is 0 Å². The number of hydrogen-bond acceptors (Lipinski definition) is 3. The number of carbonyl (C=O) groups is 2. The Kier molecular flexibility index (Phi) is 4.74. The van der Waals surface area contributed by atoms with Gasteiger partial charge in [-0.05, 0) is 29.7 Å². The second-order valence-electron chi connectivity index (χ2n) is 4.99. The van der Waals surface area contributed by atoms with Gasteiger partial charge in [-0.1, -0.05) is 13.0 Å². The third-order valence-corrected chi connectivity index (χ3v) is 3.48. The standard InChI is InChI=1S/C15H21N3O2/c1-3-6-18(10-14(19)16-2)15(20)11-4-5-12-8-17-9-13(12)7-11/h4-5,7,17H,3,6,8-10H2,1-2H3,(H,16,19). The van der Waals surface area contributed by atoms with Crippen LogP contribution in [0.5, 0.6) is 0 Å². The Labute approximate surface area is 119 Å². The van der Waals surface area contributed by atoms with Gasteiger partial charge in [0.15, 0.2) is 0 Å². The molecule has 1 aliphatic rings. The number of likely N-dealkylation sites (N-methyl/N-ethyl adjacent to an activating group) is 1. The maximum Gasteiger partial charge on any atom is 0.254 e. The molecule has 5 nitrogen and oxygen atoms in total. The maximum absolute atomic E-state index is 12.5. The molecule has 0 saturated carbocycles. The monoisotopic (exact) mass is 275 g/mol. The summed E-state index contributed by atoms with van der Waals surface area (Å²) >= 11 is 0. The molecule has 20 heavy (non-hydrogen) atoms. The van der Waals surface area contributed by atoms with Gasteiger partial charge in [-0.15, -0.1) is 0 Å². The van der Waals surface area contributed by atoms with Crippen LogP contribution >= 0.6 is 0 Å². The van der Waals surface area contributed by atoms with Crippen molar-refractivity contribution >= 4 is 11.8 Å². The number of hydrogen-bond donors (Lipinski definition) is 2. The topological polar surface area (TPSA) is 61.4 Å². The minimum atomic E-state index is -0.144. The first-order chi connectivity index (χ1) is 9.65. The summed E-state index contributed by atoms with van der Waals surface area (Å²) in [7, 11) is 1.58. The largest absolute Gasteiger partial charge is 0.358 e. The fourth-order valence-corrected chi connectivity index (χ4v) is 2.39. The van der Waals surface area contributed by atoms with Crippen molar-refractivity contribution in [2.75, 3.05) is 20.1 Å². The molecular formula is C15H21N3O2. The summed E-state index contributed by atoms with van der Waals surface area (Å²) in [4.78, 5) is 25.6. The minimum absolute atomic E-state index is 0.0786. The Morgan fingerprint density at radius 3 is 2.75 bits per heavy atom. The van der Waals surface area contributed by atoms with Crippen molar-refractivity contribution in [2.45, 2.75) is 26.4 Å². The van der Waals surface area contributed by atoms with E-state index in [1.54, 1.807) is 11.9 Å². The molecule has 0 fully saturated rings. The highest BCUT2D eigenvalue weighted by Crippen LogP contribution is 2.18. The summed E-state index contributed by atoms with van der Waals surface area (Å²) in [6.07, 6.45) is 0.829. The average Bonchev–Trinajstić information content (AvgIpc) is 2.93. The lowest BCUT2D eigenvalue weighted by Gasteiger charge is -2.21. The highest BCUT2D eigenvalue weighted by Gasteiger charge is 2.19. The van der Waals surface area contributed by atoms with Crippen LogP contribution in [-0.4, -0.2) is 36.9 Å². The van der Waals surface area contributed by atoms with Crippen LogP contribution in [0.25, 0.3) is 0 Å². The predicted molar refractivity (Wildman–Crippen MR) is 77.2 cm³/mol. The van der Waals surface area contributed by atoms with Crippen LogP contribution in [0.3, 0.4) is 0 Å². The molecule has 2 amide bonds. The Bertz CT molecular complexity index is 514. The highest BCUT2D eigenvalue weighted by molar-refractivity contribution is 5.96. The van der Waals surface area contributed by atoms with E-state index >= 15 is 0 Å². The van der Waals surface area contributed by atoms with Gasteiger partial charge in [0, 0.05) is 32.2 Å². The van der Waals surface area contributed by atoms with Gasteiger partial charge in [0.05, 0.1) is 6.54 Å². The first-order valence-corrected chi connectivity index (χ1v) is 6.98. The molecule has 0 unspecified atom stereocenters. The Morgan fingerprint density at radius 2 is 2.05 bits per heavy atom. The van der Waals surface area contributed by atoms with E-state index in [-0.39, 0.29) is 18.4 Å². The molecule has 1 aromatic rings. The van der Waals surface area contributed by atoms with Crippen molar-refractivity contribution < 1.29 is 9.59 Å². The first-order valence-electron chi connectivity index (χ1n) is 6.98. The van der Waals surface area contributed by atoms with Crippen molar-refractivity contribution in [3.63, 3.8) is 0 Å². The smallest absolute Gasteiger partial charge is 0.254 e. The molecule has 0 aliphatic carbocycles. The number of rotatable bonds is 5. The fourth-order valence-electron chi connectivity index (χ4n) is 2.39. The number of fused-ring (bicyclic) bond motifs is 1. The molecule has 5 heteroatoms. The van der Waals surface area contributed by atoms with Crippen LogP contribution in [-0.2, 0) is 17.9 Å². The van der Waals surface area contributed by atoms with E-state index in [1.165, 1.54) is 11.1 Å². The molecular weight excluding hydrogens is 254 g/mol. The van der Waals surface area contributed by atoms with E-state index in [9.17, 15) is 9.59 Å². The van der Waals surface area contributed by atoms with E-state index in [0.29, 0.717) is 12.1 Å². The van der Waals surface area contributed by atoms with Crippen molar-refractivity contribution in [3.05, 3.63) is 34.9 Å². The summed E-state index contributed by atoms with van der Waals surface area (Å²) in [5.74, 6) is -0.222. The van der Waals surface area contributed by atoms with Gasteiger partial charge in [-0.25, -0.2) is 0 Å². The van der Waals surface area contributed by atoms with Gasteiger partial charge < -0.3 is 15.5 Å². The molecule has 2 rings (SSSR count). The van der Waals surface area contributed by atoms with Crippen LogP contribution in [0, 0.1) is 0 Å². The van der Waals surface area contributed by atoms with Gasteiger partial charge in [-0.2, -0.15) is 0 Å². The van der Waals surface area contributed by atoms with Gasteiger partial charge in [0.1, 0.15) is 0 Å². The number of nitrogens with zero attached hydrogens (tertiary/aromatic N) is 1. The molecule has 0 spiro atoms. The lowest BCUT2D eigenvalue weighted by atomic mass is 10.1. The van der Waals surface area contributed by atoms with Gasteiger partial charge in [0.25, 0.3) is 5.91 Å². The van der Waals surface area contributed by atoms with E-state index < -0.39 is 0 Å². The summed E-state index contributed by atoms with van der Waals surface area (Å²) in [5, 5.41) is 5.82. The van der Waals surface area contributed by atoms with Gasteiger partial charge >= 0.3 is 0 Å². The number of carbonyl (C=O) groups excluding carboxylic acids is 2. The van der Waals surface area contributed by atoms with Gasteiger partial charge in [0.2, 0.25) is 5.91 Å². The van der Waals surface area contributed by atoms with Crippen LogP contribution < -0.4 is 10.6 Å². The minimum Gasteiger partial charge on any atom is -0.358 e. The zero-order valence-corrected chi connectivity index (χ0v) is 12.0. The Hall–Kier alpha value is -1.88. The molecule has 0 saturated heterocycles. The van der Waals surface area contributed by atoms with E-state index in [1.807, 2.05) is 25.1 Å². The molecule has 1 aromatic carbocycles. The normalized spacial score (nSPS) is 12.9. The van der Waals surface area contributed by atoms with Gasteiger partial charge in [-0.3, -0.25) is 9.59 Å². The second kappa shape index (κ2) is 6.52. The quantitative estimate of drug-likeness (QED) is 0.839. The summed E-state index contributed by atoms with van der Waals surface area (Å²) < 4.78 is 0. The van der Waals surface area contributed by atoms with Crippen molar-refractivity contribution in [1.82, 2.24) is 15.5 Å². The zero-order chi connectivity index (χ0) is 14.5. The molecule has 2 N–H and O–H groups in total. The summed E-state index contributed by atoms with van der Waals surface area (Å²) in [6.45, 7) is 4.36. The first kappa shape index (κ1) is 14.5. The second-order valence-corrected chi connectivity index (χ2v) is 4.99. The zero-order valence-electron chi connectivity index (χ0n) is 12.0. The van der Waals surface area contributed by atoms with E-state index in [4.69, 9.17) is 0 Å². The van der Waals surface area contributed by atoms with Crippen LogP contribution in [0.15, 0.2) is 18.2 Å². The highest BCUT2D eigenvalue weighted by atomic mass is 16.2. The number of nitrogens with one attached hydrogen (secondary N) is 2. The molecule has 108 valence electrons.